The molecule has 0 bridgehead atoms. The number of esters is 1. The first kappa shape index (κ1) is 20.4. The molecule has 0 spiro atoms. The van der Waals surface area contributed by atoms with Gasteiger partial charge in [0.1, 0.15) is 11.5 Å². The van der Waals surface area contributed by atoms with Crippen molar-refractivity contribution in [2.24, 2.45) is 0 Å². The van der Waals surface area contributed by atoms with Crippen LogP contribution >= 0.6 is 0 Å². The zero-order chi connectivity index (χ0) is 21.8. The maximum absolute atomic E-state index is 12.6. The molecule has 0 saturated heterocycles. The number of hydrogen-bond donors (Lipinski definition) is 0. The number of rotatable bonds is 7. The Morgan fingerprint density at radius 2 is 1.61 bits per heavy atom. The highest BCUT2D eigenvalue weighted by molar-refractivity contribution is 5.86. The van der Waals surface area contributed by atoms with Gasteiger partial charge < -0.3 is 18.7 Å². The van der Waals surface area contributed by atoms with E-state index in [1.807, 2.05) is 67.6 Å². The lowest BCUT2D eigenvalue weighted by atomic mass is 9.98. The van der Waals surface area contributed by atoms with Gasteiger partial charge in [0.25, 0.3) is 5.89 Å². The van der Waals surface area contributed by atoms with E-state index < -0.39 is 5.92 Å². The first-order chi connectivity index (χ1) is 15.1. The Morgan fingerprint density at radius 1 is 0.935 bits per heavy atom. The van der Waals surface area contributed by atoms with Crippen LogP contribution in [0.2, 0.25) is 0 Å². The highest BCUT2D eigenvalue weighted by Crippen LogP contribution is 2.26. The largest absolute Gasteiger partial charge is 0.497 e. The number of hydrogen-bond acceptors (Lipinski definition) is 7. The van der Waals surface area contributed by atoms with Crippen molar-refractivity contribution in [2.75, 3.05) is 14.2 Å². The lowest BCUT2D eigenvalue weighted by Gasteiger charge is -2.12. The second-order valence-corrected chi connectivity index (χ2v) is 7.04. The molecule has 0 amide bonds. The molecular formula is C24H22N2O5. The van der Waals surface area contributed by atoms with Gasteiger partial charge in [0, 0.05) is 5.56 Å². The summed E-state index contributed by atoms with van der Waals surface area (Å²) in [7, 11) is 3.24. The van der Waals surface area contributed by atoms with Crippen LogP contribution in [0.3, 0.4) is 0 Å². The molecule has 0 saturated carbocycles. The zero-order valence-electron chi connectivity index (χ0n) is 17.5. The van der Waals surface area contributed by atoms with Crippen LogP contribution in [0.25, 0.3) is 22.2 Å². The Balaban J connectivity index is 1.40. The second-order valence-electron chi connectivity index (χ2n) is 7.04. The van der Waals surface area contributed by atoms with Gasteiger partial charge in [-0.25, -0.2) is 0 Å². The fourth-order valence-corrected chi connectivity index (χ4v) is 3.20. The van der Waals surface area contributed by atoms with Crippen molar-refractivity contribution in [1.29, 1.82) is 0 Å². The monoisotopic (exact) mass is 418 g/mol. The van der Waals surface area contributed by atoms with Gasteiger partial charge in [0.2, 0.25) is 5.82 Å². The molecule has 4 rings (SSSR count). The summed E-state index contributed by atoms with van der Waals surface area (Å²) < 4.78 is 21.0. The van der Waals surface area contributed by atoms with E-state index in [0.717, 1.165) is 33.4 Å². The minimum absolute atomic E-state index is 0.0862. The molecule has 0 radical (unpaired) electrons. The molecule has 4 aromatic rings. The summed E-state index contributed by atoms with van der Waals surface area (Å²) in [6.45, 7) is 1.72. The molecule has 7 nitrogen and oxygen atoms in total. The maximum atomic E-state index is 12.6. The number of methoxy groups -OCH3 is 2. The number of aromatic nitrogens is 2. The summed E-state index contributed by atoms with van der Waals surface area (Å²) in [5.74, 6) is 1.39. The number of nitrogens with zero attached hydrogens (tertiary/aromatic N) is 2. The van der Waals surface area contributed by atoms with Crippen molar-refractivity contribution < 1.29 is 23.5 Å². The van der Waals surface area contributed by atoms with E-state index in [-0.39, 0.29) is 18.5 Å². The van der Waals surface area contributed by atoms with Crippen LogP contribution in [0, 0.1) is 0 Å². The normalized spacial score (nSPS) is 11.8. The number of fused-ring (bicyclic) bond motifs is 1. The quantitative estimate of drug-likeness (QED) is 0.400. The molecule has 0 fully saturated rings. The van der Waals surface area contributed by atoms with E-state index in [1.165, 1.54) is 0 Å². The Labute approximate surface area is 179 Å². The Bertz CT molecular complexity index is 1200. The third-order valence-electron chi connectivity index (χ3n) is 5.08. The first-order valence-electron chi connectivity index (χ1n) is 9.78. The van der Waals surface area contributed by atoms with Crippen molar-refractivity contribution in [3.63, 3.8) is 0 Å². The molecule has 1 heterocycles. The molecule has 0 aliphatic carbocycles. The average Bonchev–Trinajstić information content (AvgIpc) is 3.30. The van der Waals surface area contributed by atoms with Gasteiger partial charge in [-0.1, -0.05) is 29.4 Å². The maximum Gasteiger partial charge on any atom is 0.313 e. The topological polar surface area (TPSA) is 83.7 Å². The molecule has 7 heteroatoms. The number of benzene rings is 3. The van der Waals surface area contributed by atoms with Gasteiger partial charge >= 0.3 is 5.97 Å². The van der Waals surface area contributed by atoms with Gasteiger partial charge in [-0.05, 0) is 59.7 Å². The molecule has 1 atom stereocenters. The van der Waals surface area contributed by atoms with E-state index in [4.69, 9.17) is 18.7 Å². The van der Waals surface area contributed by atoms with Crippen molar-refractivity contribution >= 4 is 16.7 Å². The van der Waals surface area contributed by atoms with E-state index in [9.17, 15) is 4.79 Å². The van der Waals surface area contributed by atoms with Gasteiger partial charge in [0.15, 0.2) is 6.61 Å². The van der Waals surface area contributed by atoms with E-state index in [2.05, 4.69) is 10.1 Å². The highest BCUT2D eigenvalue weighted by atomic mass is 16.6. The SMILES string of the molecule is COc1ccc(-c2noc(COC(=O)[C@@H](C)c3ccc4cc(OC)ccc4c3)n2)cc1. The summed E-state index contributed by atoms with van der Waals surface area (Å²) in [4.78, 5) is 16.8. The van der Waals surface area contributed by atoms with E-state index >= 15 is 0 Å². The standard InChI is InChI=1S/C24H22N2O5/c1-15(17-4-5-19-13-21(29-3)11-8-18(19)12-17)24(27)30-14-22-25-23(26-31-22)16-6-9-20(28-2)10-7-16/h4-13,15H,14H2,1-3H3/t15-/m0/s1. The smallest absolute Gasteiger partial charge is 0.313 e. The molecule has 0 aliphatic heterocycles. The molecular weight excluding hydrogens is 396 g/mol. The third-order valence-corrected chi connectivity index (χ3v) is 5.08. The summed E-state index contributed by atoms with van der Waals surface area (Å²) in [6, 6.07) is 19.0. The number of carbonyl (C=O) groups excluding carboxylic acids is 1. The van der Waals surface area contributed by atoms with Crippen LogP contribution in [-0.4, -0.2) is 30.3 Å². The van der Waals surface area contributed by atoms with Gasteiger partial charge in [-0.3, -0.25) is 4.79 Å². The third kappa shape index (κ3) is 4.50. The van der Waals surface area contributed by atoms with E-state index in [0.29, 0.717) is 5.82 Å². The Hall–Kier alpha value is -3.87. The minimum atomic E-state index is -0.435. The minimum Gasteiger partial charge on any atom is -0.497 e. The summed E-state index contributed by atoms with van der Waals surface area (Å²) >= 11 is 0. The lowest BCUT2D eigenvalue weighted by molar-refractivity contribution is -0.147. The molecule has 1 aromatic heterocycles. The zero-order valence-corrected chi connectivity index (χ0v) is 17.5. The van der Waals surface area contributed by atoms with Crippen LogP contribution in [0.4, 0.5) is 0 Å². The fourth-order valence-electron chi connectivity index (χ4n) is 3.20. The summed E-state index contributed by atoms with van der Waals surface area (Å²) in [5, 5.41) is 6.01. The predicted molar refractivity (Wildman–Crippen MR) is 115 cm³/mol. The van der Waals surface area contributed by atoms with Crippen LogP contribution in [0.15, 0.2) is 65.2 Å². The Morgan fingerprint density at radius 3 is 2.35 bits per heavy atom. The second kappa shape index (κ2) is 8.87. The van der Waals surface area contributed by atoms with Gasteiger partial charge in [-0.2, -0.15) is 4.98 Å². The summed E-state index contributed by atoms with van der Waals surface area (Å²) in [6.07, 6.45) is 0. The molecule has 0 N–H and O–H groups in total. The van der Waals surface area contributed by atoms with Crippen molar-refractivity contribution in [3.05, 3.63) is 72.1 Å². The first-order valence-corrected chi connectivity index (χ1v) is 9.78. The van der Waals surface area contributed by atoms with Crippen molar-refractivity contribution in [1.82, 2.24) is 10.1 Å². The fraction of sp³-hybridized carbons (Fsp3) is 0.208. The molecule has 0 unspecified atom stereocenters. The van der Waals surface area contributed by atoms with Gasteiger partial charge in [-0.15, -0.1) is 0 Å². The van der Waals surface area contributed by atoms with Crippen LogP contribution in [-0.2, 0) is 16.1 Å². The van der Waals surface area contributed by atoms with Crippen LogP contribution < -0.4 is 9.47 Å². The van der Waals surface area contributed by atoms with Crippen LogP contribution in [0.5, 0.6) is 11.5 Å². The predicted octanol–water partition coefficient (Wildman–Crippen LogP) is 4.75. The van der Waals surface area contributed by atoms with Crippen molar-refractivity contribution in [3.8, 4) is 22.9 Å². The van der Waals surface area contributed by atoms with Gasteiger partial charge in [0.05, 0.1) is 20.1 Å². The molecule has 158 valence electrons. The number of carbonyl (C=O) groups is 1. The average molecular weight is 418 g/mol. The van der Waals surface area contributed by atoms with Crippen molar-refractivity contribution in [2.45, 2.75) is 19.4 Å². The Kier molecular flexibility index (Phi) is 5.84. The lowest BCUT2D eigenvalue weighted by Crippen LogP contribution is -2.13. The molecule has 3 aromatic carbocycles. The van der Waals surface area contributed by atoms with E-state index in [1.54, 1.807) is 14.2 Å². The van der Waals surface area contributed by atoms with Crippen LogP contribution in [0.1, 0.15) is 24.3 Å². The number of ether oxygens (including phenoxy) is 3. The molecule has 31 heavy (non-hydrogen) atoms. The summed E-state index contributed by atoms with van der Waals surface area (Å²) in [5.41, 5.74) is 1.65. The molecule has 0 aliphatic rings. The highest BCUT2D eigenvalue weighted by Gasteiger charge is 2.19.